The van der Waals surface area contributed by atoms with E-state index in [4.69, 9.17) is 4.98 Å². The van der Waals surface area contributed by atoms with Gasteiger partial charge < -0.3 is 4.57 Å². The smallest absolute Gasteiger partial charge is 0.138 e. The molecule has 0 atom stereocenters. The lowest BCUT2D eigenvalue weighted by atomic mass is 9.95. The van der Waals surface area contributed by atoms with Crippen molar-refractivity contribution in [3.05, 3.63) is 200 Å². The standard InChI is InChI=1S/C57H33N3S2/c1-5-21-45-40(13-1)54-36(38-19-11-27-51-56(38)42-15-3-7-25-49(42)61-51)17-9-23-47(54)59(45)35-30-31-44-34(33-35)29-32-53(58-44)60-46-22-6-2-14-41(46)55-37(18-10-24-48(55)60)39-20-12-28-52-57(39)43-16-4-8-26-50(43)62-52/h1-33H. The second-order valence-electron chi connectivity index (χ2n) is 16.2. The number of hydrogen-bond acceptors (Lipinski definition) is 3. The zero-order valence-corrected chi connectivity index (χ0v) is 34.8. The molecule has 0 unspecified atom stereocenters. The zero-order valence-electron chi connectivity index (χ0n) is 33.2. The number of thiophene rings is 2. The maximum atomic E-state index is 5.41. The number of aromatic nitrogens is 3. The molecule has 14 aromatic rings. The van der Waals surface area contributed by atoms with Gasteiger partial charge in [0.15, 0.2) is 0 Å². The van der Waals surface area contributed by atoms with Crippen LogP contribution in [0.1, 0.15) is 0 Å². The molecule has 0 radical (unpaired) electrons. The van der Waals surface area contributed by atoms with Crippen LogP contribution in [0.25, 0.3) is 129 Å². The van der Waals surface area contributed by atoms with Crippen LogP contribution in [0.4, 0.5) is 0 Å². The molecular weight excluding hydrogens is 791 g/mol. The molecule has 0 N–H and O–H groups in total. The Morgan fingerprint density at radius 1 is 0.323 bits per heavy atom. The molecule has 0 amide bonds. The lowest BCUT2D eigenvalue weighted by Gasteiger charge is -2.12. The zero-order chi connectivity index (χ0) is 40.5. The fourth-order valence-electron chi connectivity index (χ4n) is 10.4. The summed E-state index contributed by atoms with van der Waals surface area (Å²) in [5, 5.41) is 11.4. The summed E-state index contributed by atoms with van der Waals surface area (Å²) in [6.45, 7) is 0. The molecule has 0 saturated heterocycles. The molecule has 0 bridgehead atoms. The molecule has 288 valence electrons. The van der Waals surface area contributed by atoms with Crippen molar-refractivity contribution in [1.29, 1.82) is 0 Å². The van der Waals surface area contributed by atoms with Crippen LogP contribution in [0.3, 0.4) is 0 Å². The predicted molar refractivity (Wildman–Crippen MR) is 267 cm³/mol. The molecule has 0 saturated carbocycles. The molecule has 3 nitrogen and oxygen atoms in total. The Balaban J connectivity index is 0.938. The minimum Gasteiger partial charge on any atom is -0.309 e. The van der Waals surface area contributed by atoms with Crippen molar-refractivity contribution in [1.82, 2.24) is 14.1 Å². The quantitative estimate of drug-likeness (QED) is 0.173. The summed E-state index contributed by atoms with van der Waals surface area (Å²) >= 11 is 3.74. The van der Waals surface area contributed by atoms with Crippen LogP contribution in [0.2, 0.25) is 0 Å². The Kier molecular flexibility index (Phi) is 7.15. The topological polar surface area (TPSA) is 22.8 Å². The number of hydrogen-bond donors (Lipinski definition) is 0. The number of pyridine rings is 1. The van der Waals surface area contributed by atoms with Crippen molar-refractivity contribution >= 4 is 118 Å². The van der Waals surface area contributed by atoms with Crippen molar-refractivity contribution in [3.63, 3.8) is 0 Å². The molecule has 5 heterocycles. The highest BCUT2D eigenvalue weighted by molar-refractivity contribution is 7.26. The predicted octanol–water partition coefficient (Wildman–Crippen LogP) is 16.5. The van der Waals surface area contributed by atoms with Gasteiger partial charge in [0.25, 0.3) is 0 Å². The molecule has 5 aromatic heterocycles. The first kappa shape index (κ1) is 34.2. The van der Waals surface area contributed by atoms with Gasteiger partial charge >= 0.3 is 0 Å². The van der Waals surface area contributed by atoms with E-state index in [1.54, 1.807) is 0 Å². The number of para-hydroxylation sites is 2. The van der Waals surface area contributed by atoms with E-state index in [-0.39, 0.29) is 0 Å². The number of fused-ring (bicyclic) bond motifs is 13. The lowest BCUT2D eigenvalue weighted by molar-refractivity contribution is 1.10. The van der Waals surface area contributed by atoms with Crippen LogP contribution < -0.4 is 0 Å². The van der Waals surface area contributed by atoms with E-state index >= 15 is 0 Å². The van der Waals surface area contributed by atoms with E-state index < -0.39 is 0 Å². The molecule has 0 aliphatic rings. The highest BCUT2D eigenvalue weighted by atomic mass is 32.1. The normalized spacial score (nSPS) is 12.2. The molecular formula is C57H33N3S2. The van der Waals surface area contributed by atoms with E-state index in [0.29, 0.717) is 0 Å². The third kappa shape index (κ3) is 4.77. The highest BCUT2D eigenvalue weighted by Gasteiger charge is 2.21. The summed E-state index contributed by atoms with van der Waals surface area (Å²) in [7, 11) is 0. The summed E-state index contributed by atoms with van der Waals surface area (Å²) in [5.74, 6) is 0.907. The average molecular weight is 824 g/mol. The number of nitrogens with zero attached hydrogens (tertiary/aromatic N) is 3. The van der Waals surface area contributed by atoms with Crippen molar-refractivity contribution in [2.75, 3.05) is 0 Å². The van der Waals surface area contributed by atoms with Gasteiger partial charge in [-0.05, 0) is 101 Å². The van der Waals surface area contributed by atoms with Gasteiger partial charge in [-0.2, -0.15) is 0 Å². The van der Waals surface area contributed by atoms with Gasteiger partial charge in [0, 0.05) is 73.0 Å². The van der Waals surface area contributed by atoms with Crippen LogP contribution in [0.5, 0.6) is 0 Å². The van der Waals surface area contributed by atoms with Gasteiger partial charge in [-0.15, -0.1) is 22.7 Å². The van der Waals surface area contributed by atoms with Gasteiger partial charge in [0.05, 0.1) is 27.6 Å². The Hall–Kier alpha value is -7.57. The van der Waals surface area contributed by atoms with Crippen LogP contribution in [-0.4, -0.2) is 14.1 Å². The summed E-state index contributed by atoms with van der Waals surface area (Å²) in [6.07, 6.45) is 0. The average Bonchev–Trinajstić information content (AvgIpc) is 4.09. The van der Waals surface area contributed by atoms with Crippen molar-refractivity contribution < 1.29 is 0 Å². The SMILES string of the molecule is c1ccc2c(c1)sc1cccc(-c3cccc4c3c3ccccc3n4-c3ccc4nc(-n5c6ccccc6c6c(-c7cccc8sc9ccccc9c78)cccc65)ccc4c3)c12. The van der Waals surface area contributed by atoms with E-state index in [9.17, 15) is 0 Å². The third-order valence-corrected chi connectivity index (χ3v) is 15.2. The van der Waals surface area contributed by atoms with Crippen LogP contribution in [0.15, 0.2) is 200 Å². The van der Waals surface area contributed by atoms with E-state index in [2.05, 4.69) is 209 Å². The van der Waals surface area contributed by atoms with E-state index in [1.165, 1.54) is 95.2 Å². The Labute approximate surface area is 363 Å². The van der Waals surface area contributed by atoms with Crippen molar-refractivity contribution in [2.24, 2.45) is 0 Å². The Bertz CT molecular complexity index is 3910. The molecule has 0 spiro atoms. The Morgan fingerprint density at radius 3 is 1.37 bits per heavy atom. The van der Waals surface area contributed by atoms with Gasteiger partial charge in [-0.1, -0.05) is 121 Å². The second-order valence-corrected chi connectivity index (χ2v) is 18.4. The van der Waals surface area contributed by atoms with E-state index in [0.717, 1.165) is 33.4 Å². The molecule has 0 aliphatic carbocycles. The monoisotopic (exact) mass is 823 g/mol. The molecule has 0 fully saturated rings. The fraction of sp³-hybridized carbons (Fsp3) is 0. The summed E-state index contributed by atoms with van der Waals surface area (Å²) in [4.78, 5) is 5.41. The molecule has 9 aromatic carbocycles. The summed E-state index contributed by atoms with van der Waals surface area (Å²) in [6, 6.07) is 73.4. The number of benzene rings is 9. The minimum atomic E-state index is 0.907. The van der Waals surface area contributed by atoms with E-state index in [1.807, 2.05) is 22.7 Å². The second kappa shape index (κ2) is 13.0. The van der Waals surface area contributed by atoms with Crippen LogP contribution in [0, 0.1) is 0 Å². The van der Waals surface area contributed by atoms with Gasteiger partial charge in [0.1, 0.15) is 5.82 Å². The minimum absolute atomic E-state index is 0.907. The summed E-state index contributed by atoms with van der Waals surface area (Å²) < 4.78 is 10.0. The fourth-order valence-corrected chi connectivity index (χ4v) is 12.6. The van der Waals surface area contributed by atoms with Crippen molar-refractivity contribution in [2.45, 2.75) is 0 Å². The van der Waals surface area contributed by atoms with Crippen LogP contribution >= 0.6 is 22.7 Å². The largest absolute Gasteiger partial charge is 0.309 e. The van der Waals surface area contributed by atoms with Gasteiger partial charge in [0.2, 0.25) is 0 Å². The Morgan fingerprint density at radius 2 is 0.774 bits per heavy atom. The summed E-state index contributed by atoms with van der Waals surface area (Å²) in [5.41, 5.74) is 11.8. The third-order valence-electron chi connectivity index (χ3n) is 12.9. The lowest BCUT2D eigenvalue weighted by Crippen LogP contribution is -1.99. The molecule has 5 heteroatoms. The molecule has 62 heavy (non-hydrogen) atoms. The van der Waals surface area contributed by atoms with Gasteiger partial charge in [-0.3, -0.25) is 4.57 Å². The molecule has 0 aliphatic heterocycles. The number of rotatable bonds is 4. The first-order chi connectivity index (χ1) is 30.8. The highest BCUT2D eigenvalue weighted by Crippen LogP contribution is 2.46. The van der Waals surface area contributed by atoms with Crippen LogP contribution in [-0.2, 0) is 0 Å². The first-order valence-electron chi connectivity index (χ1n) is 21.0. The first-order valence-corrected chi connectivity index (χ1v) is 22.7. The van der Waals surface area contributed by atoms with Crippen molar-refractivity contribution in [3.8, 4) is 33.8 Å². The maximum Gasteiger partial charge on any atom is 0.138 e. The maximum absolute atomic E-state index is 5.41. The molecule has 14 rings (SSSR count). The van der Waals surface area contributed by atoms with Gasteiger partial charge in [-0.25, -0.2) is 4.98 Å².